The van der Waals surface area contributed by atoms with Crippen molar-refractivity contribution in [3.05, 3.63) is 78.1 Å². The number of rotatable bonds is 10. The molecule has 45 heavy (non-hydrogen) atoms. The smallest absolute Gasteiger partial charge is 0.159 e. The number of aromatic nitrogens is 7. The first kappa shape index (κ1) is 29.2. The Hall–Kier alpha value is -4.55. The monoisotopic (exact) mass is 624 g/mol. The van der Waals surface area contributed by atoms with Crippen LogP contribution in [0.3, 0.4) is 0 Å². The highest BCUT2D eigenvalue weighted by Gasteiger charge is 2.18. The summed E-state index contributed by atoms with van der Waals surface area (Å²) < 4.78 is 38.0. The molecular weight excluding hydrogens is 591 g/mol. The van der Waals surface area contributed by atoms with Crippen molar-refractivity contribution in [2.45, 2.75) is 38.6 Å². The van der Waals surface area contributed by atoms with Gasteiger partial charge < -0.3 is 10.3 Å². The Morgan fingerprint density at radius 3 is 2.64 bits per heavy atom. The van der Waals surface area contributed by atoms with Gasteiger partial charge in [-0.05, 0) is 79.3 Å². The largest absolute Gasteiger partial charge is 0.336 e. The van der Waals surface area contributed by atoms with Crippen LogP contribution in [0.2, 0.25) is 0 Å². The zero-order valence-corrected chi connectivity index (χ0v) is 25.7. The summed E-state index contributed by atoms with van der Waals surface area (Å²) in [6, 6.07) is 10.4. The molecule has 5 aromatic heterocycles. The molecule has 1 saturated carbocycles. The maximum Gasteiger partial charge on any atom is 0.159 e. The number of hydrogen-bond donors (Lipinski definition) is 3. The van der Waals surface area contributed by atoms with Crippen LogP contribution >= 0.6 is 0 Å². The third-order valence-corrected chi connectivity index (χ3v) is 9.34. The minimum atomic E-state index is -3.19. The normalized spacial score (nSPS) is 14.2. The lowest BCUT2D eigenvalue weighted by Crippen LogP contribution is -2.20. The van der Waals surface area contributed by atoms with E-state index in [0.717, 1.165) is 46.7 Å². The van der Waals surface area contributed by atoms with E-state index >= 15 is 0 Å². The van der Waals surface area contributed by atoms with Crippen LogP contribution in [0.15, 0.2) is 61.2 Å². The molecule has 1 aliphatic carbocycles. The fourth-order valence-electron chi connectivity index (χ4n) is 6.11. The molecule has 0 atom stereocenters. The molecule has 0 amide bonds. The molecule has 0 bridgehead atoms. The van der Waals surface area contributed by atoms with Crippen LogP contribution < -0.4 is 5.32 Å². The third kappa shape index (κ3) is 6.47. The molecule has 6 aromatic rings. The SMILES string of the molecule is CS(=O)(=O)CCc1cc(F)cc(-c2nccc3[nH]c(-c4n[nH]c5cnc(-c6cncc(CNCC7CCCC7)c6)cc45)nc23)c1. The van der Waals surface area contributed by atoms with E-state index in [1.165, 1.54) is 44.1 Å². The summed E-state index contributed by atoms with van der Waals surface area (Å²) in [6.45, 7) is 1.79. The molecule has 10 nitrogen and oxygen atoms in total. The van der Waals surface area contributed by atoms with Crippen molar-refractivity contribution >= 4 is 31.8 Å². The van der Waals surface area contributed by atoms with E-state index in [-0.39, 0.29) is 12.2 Å². The predicted octanol–water partition coefficient (Wildman–Crippen LogP) is 5.63. The second kappa shape index (κ2) is 12.1. The van der Waals surface area contributed by atoms with E-state index in [4.69, 9.17) is 4.98 Å². The highest BCUT2D eigenvalue weighted by atomic mass is 32.2. The number of benzene rings is 1. The van der Waals surface area contributed by atoms with Crippen LogP contribution in [0.4, 0.5) is 4.39 Å². The van der Waals surface area contributed by atoms with E-state index in [0.29, 0.717) is 39.4 Å². The number of halogens is 1. The van der Waals surface area contributed by atoms with Gasteiger partial charge in [-0.15, -0.1) is 0 Å². The number of fused-ring (bicyclic) bond motifs is 2. The van der Waals surface area contributed by atoms with Crippen LogP contribution in [-0.4, -0.2) is 62.1 Å². The molecule has 1 aromatic carbocycles. The molecule has 12 heteroatoms. The second-order valence-electron chi connectivity index (χ2n) is 11.9. The van der Waals surface area contributed by atoms with Crippen LogP contribution in [0.25, 0.3) is 56.0 Å². The fourth-order valence-corrected chi connectivity index (χ4v) is 6.71. The molecule has 1 fully saturated rings. The van der Waals surface area contributed by atoms with Gasteiger partial charge in [-0.1, -0.05) is 12.8 Å². The highest BCUT2D eigenvalue weighted by molar-refractivity contribution is 7.90. The lowest BCUT2D eigenvalue weighted by Gasteiger charge is -2.11. The Balaban J connectivity index is 1.19. The van der Waals surface area contributed by atoms with E-state index in [9.17, 15) is 12.8 Å². The van der Waals surface area contributed by atoms with E-state index < -0.39 is 15.7 Å². The molecule has 0 unspecified atom stereocenters. The van der Waals surface area contributed by atoms with Crippen LogP contribution in [-0.2, 0) is 22.8 Å². The highest BCUT2D eigenvalue weighted by Crippen LogP contribution is 2.32. The van der Waals surface area contributed by atoms with Crippen molar-refractivity contribution in [1.82, 2.24) is 40.4 Å². The van der Waals surface area contributed by atoms with Crippen molar-refractivity contribution in [2.75, 3.05) is 18.6 Å². The second-order valence-corrected chi connectivity index (χ2v) is 14.2. The Kier molecular flexibility index (Phi) is 7.84. The maximum atomic E-state index is 14.6. The van der Waals surface area contributed by atoms with Gasteiger partial charge in [0.25, 0.3) is 0 Å². The van der Waals surface area contributed by atoms with Crippen LogP contribution in [0.5, 0.6) is 0 Å². The Bertz CT molecular complexity index is 2120. The summed E-state index contributed by atoms with van der Waals surface area (Å²) in [4.78, 5) is 21.8. The first-order valence-electron chi connectivity index (χ1n) is 15.1. The molecule has 3 N–H and O–H groups in total. The molecule has 0 radical (unpaired) electrons. The minimum absolute atomic E-state index is 0.0686. The molecule has 7 rings (SSSR count). The van der Waals surface area contributed by atoms with E-state index in [1.807, 2.05) is 18.5 Å². The van der Waals surface area contributed by atoms with Crippen LogP contribution in [0.1, 0.15) is 36.8 Å². The van der Waals surface area contributed by atoms with Gasteiger partial charge in [-0.3, -0.25) is 20.1 Å². The van der Waals surface area contributed by atoms with Gasteiger partial charge in [0, 0.05) is 47.9 Å². The number of aromatic amines is 2. The summed E-state index contributed by atoms with van der Waals surface area (Å²) in [6.07, 6.45) is 13.8. The first-order valence-corrected chi connectivity index (χ1v) is 17.2. The third-order valence-electron chi connectivity index (χ3n) is 8.39. The standard InChI is InChI=1S/C33H33FN8O2S/c1-45(43,44)9-7-21-10-23(13-25(34)12-21)30-32-27(6-8-37-30)39-33(40-32)31-26-14-28(38-19-29(26)41-42-31)24-11-22(17-36-18-24)16-35-15-20-4-2-3-5-20/h6,8,10-14,17-20,35H,2-5,7,9,15-16H2,1H3,(H,39,40)(H,41,42). The van der Waals surface area contributed by atoms with Crippen molar-refractivity contribution in [3.8, 4) is 34.0 Å². The van der Waals surface area contributed by atoms with Crippen molar-refractivity contribution in [3.63, 3.8) is 0 Å². The molecule has 230 valence electrons. The summed E-state index contributed by atoms with van der Waals surface area (Å²) >= 11 is 0. The summed E-state index contributed by atoms with van der Waals surface area (Å²) in [5.74, 6) is 0.764. The van der Waals surface area contributed by atoms with E-state index in [2.05, 4.69) is 41.5 Å². The van der Waals surface area contributed by atoms with Gasteiger partial charge >= 0.3 is 0 Å². The van der Waals surface area contributed by atoms with Gasteiger partial charge in [0.15, 0.2) is 5.82 Å². The van der Waals surface area contributed by atoms with E-state index in [1.54, 1.807) is 24.5 Å². The molecule has 0 spiro atoms. The van der Waals surface area contributed by atoms with Gasteiger partial charge in [0.2, 0.25) is 0 Å². The minimum Gasteiger partial charge on any atom is -0.336 e. The number of sulfone groups is 1. The number of H-pyrrole nitrogens is 2. The number of hydrogen-bond acceptors (Lipinski definition) is 8. The summed E-state index contributed by atoms with van der Waals surface area (Å²) in [5, 5.41) is 12.0. The van der Waals surface area contributed by atoms with Crippen molar-refractivity contribution in [1.29, 1.82) is 0 Å². The molecule has 0 saturated heterocycles. The van der Waals surface area contributed by atoms with Crippen molar-refractivity contribution < 1.29 is 12.8 Å². The Morgan fingerprint density at radius 1 is 0.956 bits per heavy atom. The summed E-state index contributed by atoms with van der Waals surface area (Å²) in [5.41, 5.74) is 7.02. The lowest BCUT2D eigenvalue weighted by atomic mass is 10.0. The first-order chi connectivity index (χ1) is 21.8. The molecular formula is C33H33FN8O2S. The predicted molar refractivity (Wildman–Crippen MR) is 172 cm³/mol. The molecule has 0 aliphatic heterocycles. The maximum absolute atomic E-state index is 14.6. The quantitative estimate of drug-likeness (QED) is 0.178. The number of nitrogens with one attached hydrogen (secondary N) is 3. The topological polar surface area (TPSA) is 142 Å². The number of aryl methyl sites for hydroxylation is 1. The van der Waals surface area contributed by atoms with Gasteiger partial charge in [-0.25, -0.2) is 17.8 Å². The van der Waals surface area contributed by atoms with Crippen molar-refractivity contribution in [2.24, 2.45) is 5.92 Å². The van der Waals surface area contributed by atoms with Crippen LogP contribution in [0, 0.1) is 11.7 Å². The lowest BCUT2D eigenvalue weighted by molar-refractivity contribution is 0.489. The summed E-state index contributed by atoms with van der Waals surface area (Å²) in [7, 11) is -3.19. The average molecular weight is 625 g/mol. The van der Waals surface area contributed by atoms with Gasteiger partial charge in [0.05, 0.1) is 34.4 Å². The fraction of sp³-hybridized carbons (Fsp3) is 0.303. The number of imidazole rings is 1. The Labute approximate surface area is 259 Å². The average Bonchev–Trinajstić information content (AvgIpc) is 3.79. The zero-order valence-electron chi connectivity index (χ0n) is 24.8. The number of nitrogens with zero attached hydrogens (tertiary/aromatic N) is 5. The molecule has 5 heterocycles. The Morgan fingerprint density at radius 2 is 1.80 bits per heavy atom. The number of pyridine rings is 3. The van der Waals surface area contributed by atoms with Gasteiger partial charge in [-0.2, -0.15) is 5.10 Å². The van der Waals surface area contributed by atoms with Gasteiger partial charge in [0.1, 0.15) is 26.9 Å². The zero-order chi connectivity index (χ0) is 31.0. The molecule has 1 aliphatic rings.